The van der Waals surface area contributed by atoms with Crippen molar-refractivity contribution in [2.45, 2.75) is 13.3 Å². The Morgan fingerprint density at radius 2 is 2.08 bits per heavy atom. The highest BCUT2D eigenvalue weighted by Crippen LogP contribution is 2.05. The van der Waals surface area contributed by atoms with Gasteiger partial charge >= 0.3 is 7.12 Å². The first-order valence-corrected chi connectivity index (χ1v) is 3.89. The second kappa shape index (κ2) is 3.60. The van der Waals surface area contributed by atoms with E-state index in [1.165, 1.54) is 0 Å². The molecule has 0 atom stereocenters. The van der Waals surface area contributed by atoms with Gasteiger partial charge in [-0.25, -0.2) is 0 Å². The molecule has 3 nitrogen and oxygen atoms in total. The van der Waals surface area contributed by atoms with Crippen molar-refractivity contribution < 1.29 is 10.0 Å². The Labute approximate surface area is 72.0 Å². The summed E-state index contributed by atoms with van der Waals surface area (Å²) in [6.07, 6.45) is 0.895. The summed E-state index contributed by atoms with van der Waals surface area (Å²) in [6, 6.07) is 5.23. The molecule has 0 spiro atoms. The molecule has 1 rings (SSSR count). The van der Waals surface area contributed by atoms with Gasteiger partial charge in [-0.3, -0.25) is 0 Å². The Bertz CT molecular complexity index is 276. The van der Waals surface area contributed by atoms with Gasteiger partial charge in [0.05, 0.1) is 0 Å². The Kier molecular flexibility index (Phi) is 2.73. The molecule has 0 unspecified atom stereocenters. The molecule has 1 aromatic carbocycles. The van der Waals surface area contributed by atoms with Gasteiger partial charge in [-0.2, -0.15) is 0 Å². The van der Waals surface area contributed by atoms with Gasteiger partial charge in [-0.05, 0) is 18.1 Å². The van der Waals surface area contributed by atoms with Crippen molar-refractivity contribution in [3.63, 3.8) is 0 Å². The van der Waals surface area contributed by atoms with Gasteiger partial charge < -0.3 is 15.8 Å². The molecule has 0 aromatic heterocycles. The van der Waals surface area contributed by atoms with E-state index in [-0.39, 0.29) is 0 Å². The van der Waals surface area contributed by atoms with Gasteiger partial charge in [0.25, 0.3) is 0 Å². The zero-order valence-corrected chi connectivity index (χ0v) is 6.99. The number of hydrogen-bond donors (Lipinski definition) is 3. The maximum Gasteiger partial charge on any atom is 0.490 e. The first-order valence-electron chi connectivity index (χ1n) is 3.89. The molecule has 0 radical (unpaired) electrons. The fourth-order valence-corrected chi connectivity index (χ4v) is 1.08. The summed E-state index contributed by atoms with van der Waals surface area (Å²) in [7, 11) is -1.48. The van der Waals surface area contributed by atoms with E-state index in [4.69, 9.17) is 15.8 Å². The van der Waals surface area contributed by atoms with E-state index in [9.17, 15) is 0 Å². The van der Waals surface area contributed by atoms with Crippen LogP contribution >= 0.6 is 0 Å². The van der Waals surface area contributed by atoms with Crippen LogP contribution in [0.4, 0.5) is 5.69 Å². The largest absolute Gasteiger partial charge is 0.490 e. The monoisotopic (exact) mass is 165 g/mol. The van der Waals surface area contributed by atoms with Crippen LogP contribution in [0.1, 0.15) is 12.5 Å². The van der Waals surface area contributed by atoms with Crippen LogP contribution in [0.15, 0.2) is 18.2 Å². The van der Waals surface area contributed by atoms with Crippen LogP contribution in [0.3, 0.4) is 0 Å². The Hall–Kier alpha value is -0.995. The normalized spacial score (nSPS) is 9.92. The molecule has 0 fully saturated rings. The lowest BCUT2D eigenvalue weighted by molar-refractivity contribution is 0.426. The van der Waals surface area contributed by atoms with Crippen LogP contribution in [0.5, 0.6) is 0 Å². The summed E-state index contributed by atoms with van der Waals surface area (Å²) >= 11 is 0. The number of benzene rings is 1. The molecule has 0 bridgehead atoms. The fourth-order valence-electron chi connectivity index (χ4n) is 1.08. The predicted molar refractivity (Wildman–Crippen MR) is 50.1 cm³/mol. The molecule has 4 heteroatoms. The summed E-state index contributed by atoms with van der Waals surface area (Å²) in [6.45, 7) is 2.02. The van der Waals surface area contributed by atoms with E-state index >= 15 is 0 Å². The Morgan fingerprint density at radius 1 is 1.42 bits per heavy atom. The molecular formula is C8H12BNO2. The maximum atomic E-state index is 8.84. The number of nitrogens with two attached hydrogens (primary N) is 1. The topological polar surface area (TPSA) is 66.5 Å². The lowest BCUT2D eigenvalue weighted by Gasteiger charge is -2.05. The van der Waals surface area contributed by atoms with Crippen molar-refractivity contribution in [1.29, 1.82) is 0 Å². The number of aryl methyl sites for hydroxylation is 1. The van der Waals surface area contributed by atoms with Crippen molar-refractivity contribution in [2.75, 3.05) is 5.73 Å². The molecule has 0 aliphatic heterocycles. The quantitative estimate of drug-likeness (QED) is 0.409. The molecular weight excluding hydrogens is 153 g/mol. The Balaban J connectivity index is 3.03. The highest BCUT2D eigenvalue weighted by molar-refractivity contribution is 6.60. The van der Waals surface area contributed by atoms with Crippen LogP contribution in [0, 0.1) is 0 Å². The minimum Gasteiger partial charge on any atom is -0.423 e. The van der Waals surface area contributed by atoms with Gasteiger partial charge in [-0.15, -0.1) is 0 Å². The molecule has 0 aliphatic rings. The fraction of sp³-hybridized carbons (Fsp3) is 0.250. The summed E-state index contributed by atoms with van der Waals surface area (Å²) in [5.74, 6) is 0. The van der Waals surface area contributed by atoms with Gasteiger partial charge in [-0.1, -0.05) is 19.1 Å². The van der Waals surface area contributed by atoms with Gasteiger partial charge in [0.2, 0.25) is 0 Å². The second-order valence-electron chi connectivity index (χ2n) is 2.69. The molecule has 0 heterocycles. The zero-order valence-electron chi connectivity index (χ0n) is 6.99. The molecule has 0 saturated carbocycles. The highest BCUT2D eigenvalue weighted by Gasteiger charge is 2.13. The SMILES string of the molecule is CCc1ccc(B(O)O)c(N)c1. The van der Waals surface area contributed by atoms with E-state index in [1.54, 1.807) is 12.1 Å². The van der Waals surface area contributed by atoms with Crippen molar-refractivity contribution in [2.24, 2.45) is 0 Å². The van der Waals surface area contributed by atoms with Crippen LogP contribution in [-0.4, -0.2) is 17.2 Å². The smallest absolute Gasteiger partial charge is 0.423 e. The van der Waals surface area contributed by atoms with Crippen LogP contribution in [-0.2, 0) is 6.42 Å². The third-order valence-corrected chi connectivity index (χ3v) is 1.84. The third-order valence-electron chi connectivity index (χ3n) is 1.84. The predicted octanol–water partition coefficient (Wildman–Crippen LogP) is -0.489. The molecule has 0 aliphatic carbocycles. The Morgan fingerprint density at radius 3 is 2.50 bits per heavy atom. The number of rotatable bonds is 2. The highest BCUT2D eigenvalue weighted by atomic mass is 16.4. The van der Waals surface area contributed by atoms with Gasteiger partial charge in [0.1, 0.15) is 0 Å². The molecule has 1 aromatic rings. The minimum absolute atomic E-state index is 0.368. The molecule has 0 amide bonds. The lowest BCUT2D eigenvalue weighted by Crippen LogP contribution is -2.32. The molecule has 0 saturated heterocycles. The second-order valence-corrected chi connectivity index (χ2v) is 2.69. The lowest BCUT2D eigenvalue weighted by atomic mass is 9.78. The molecule has 64 valence electrons. The van der Waals surface area contributed by atoms with Crippen molar-refractivity contribution in [1.82, 2.24) is 0 Å². The molecule has 12 heavy (non-hydrogen) atoms. The number of nitrogen functional groups attached to an aromatic ring is 1. The van der Waals surface area contributed by atoms with Crippen LogP contribution in [0.2, 0.25) is 0 Å². The first-order chi connectivity index (χ1) is 5.65. The van der Waals surface area contributed by atoms with Crippen molar-refractivity contribution in [3.8, 4) is 0 Å². The van der Waals surface area contributed by atoms with E-state index in [0.29, 0.717) is 11.2 Å². The van der Waals surface area contributed by atoms with Crippen LogP contribution < -0.4 is 11.2 Å². The maximum absolute atomic E-state index is 8.84. The van der Waals surface area contributed by atoms with E-state index in [0.717, 1.165) is 12.0 Å². The summed E-state index contributed by atoms with van der Waals surface area (Å²) in [5, 5.41) is 17.7. The van der Waals surface area contributed by atoms with Crippen LogP contribution in [0.25, 0.3) is 0 Å². The number of anilines is 1. The van der Waals surface area contributed by atoms with Gasteiger partial charge in [0, 0.05) is 11.2 Å². The first kappa shape index (κ1) is 9.10. The summed E-state index contributed by atoms with van der Waals surface area (Å²) in [4.78, 5) is 0. The van der Waals surface area contributed by atoms with Crippen molar-refractivity contribution in [3.05, 3.63) is 23.8 Å². The number of hydrogen-bond acceptors (Lipinski definition) is 3. The standard InChI is InChI=1S/C8H12BNO2/c1-2-6-3-4-7(9(11)12)8(10)5-6/h3-5,11-12H,2,10H2,1H3. The average Bonchev–Trinajstić information content (AvgIpc) is 2.03. The molecule has 4 N–H and O–H groups in total. The summed E-state index contributed by atoms with van der Waals surface area (Å²) < 4.78 is 0. The zero-order chi connectivity index (χ0) is 9.14. The van der Waals surface area contributed by atoms with Gasteiger partial charge in [0.15, 0.2) is 0 Å². The minimum atomic E-state index is -1.48. The van der Waals surface area contributed by atoms with E-state index in [2.05, 4.69) is 0 Å². The average molecular weight is 165 g/mol. The third kappa shape index (κ3) is 1.78. The van der Waals surface area contributed by atoms with Crippen molar-refractivity contribution >= 4 is 18.3 Å². The summed E-state index contributed by atoms with van der Waals surface area (Å²) in [5.41, 5.74) is 7.47. The van der Waals surface area contributed by atoms with E-state index < -0.39 is 7.12 Å². The van der Waals surface area contributed by atoms with E-state index in [1.807, 2.05) is 13.0 Å².